The Morgan fingerprint density at radius 2 is 2.10 bits per heavy atom. The van der Waals surface area contributed by atoms with Crippen LogP contribution in [0.15, 0.2) is 30.3 Å². The van der Waals surface area contributed by atoms with Gasteiger partial charge in [-0.3, -0.25) is 0 Å². The summed E-state index contributed by atoms with van der Waals surface area (Å²) >= 11 is 0. The highest BCUT2D eigenvalue weighted by Gasteiger charge is 2.59. The predicted octanol–water partition coefficient (Wildman–Crippen LogP) is 2.66. The Kier molecular flexibility index (Phi) is 4.11. The molecule has 20 heavy (non-hydrogen) atoms. The first-order chi connectivity index (χ1) is 9.80. The van der Waals surface area contributed by atoms with Gasteiger partial charge in [0.1, 0.15) is 0 Å². The summed E-state index contributed by atoms with van der Waals surface area (Å²) < 4.78 is 5.88. The first-order valence-corrected chi connectivity index (χ1v) is 7.83. The number of nitrogens with one attached hydrogen (secondary N) is 1. The maximum Gasteiger partial charge on any atom is 0.0661 e. The summed E-state index contributed by atoms with van der Waals surface area (Å²) in [6.07, 6.45) is 5.35. The fourth-order valence-electron chi connectivity index (χ4n) is 3.85. The van der Waals surface area contributed by atoms with Crippen LogP contribution in [0.3, 0.4) is 0 Å². The molecule has 0 bridgehead atoms. The number of aliphatic hydroxyl groups is 1. The lowest BCUT2D eigenvalue weighted by Gasteiger charge is -2.61. The minimum absolute atomic E-state index is 0.0428. The molecular formula is C17H25NO2. The Morgan fingerprint density at radius 3 is 2.65 bits per heavy atom. The van der Waals surface area contributed by atoms with Gasteiger partial charge in [-0.05, 0) is 31.7 Å². The molecule has 3 nitrogen and oxygen atoms in total. The summed E-state index contributed by atoms with van der Waals surface area (Å²) in [6, 6.07) is 10.8. The third-order valence-corrected chi connectivity index (χ3v) is 5.22. The van der Waals surface area contributed by atoms with Crippen LogP contribution in [0.1, 0.15) is 44.2 Å². The van der Waals surface area contributed by atoms with Crippen molar-refractivity contribution >= 4 is 0 Å². The largest absolute Gasteiger partial charge is 0.394 e. The summed E-state index contributed by atoms with van der Waals surface area (Å²) in [5.74, 6) is 0. The van der Waals surface area contributed by atoms with Crippen molar-refractivity contribution < 1.29 is 9.84 Å². The second-order valence-corrected chi connectivity index (χ2v) is 6.13. The molecule has 0 aliphatic heterocycles. The number of hydrogen-bond acceptors (Lipinski definition) is 3. The van der Waals surface area contributed by atoms with E-state index >= 15 is 0 Å². The van der Waals surface area contributed by atoms with Crippen molar-refractivity contribution in [1.29, 1.82) is 0 Å². The van der Waals surface area contributed by atoms with Crippen LogP contribution in [0.25, 0.3) is 0 Å². The topological polar surface area (TPSA) is 41.5 Å². The van der Waals surface area contributed by atoms with E-state index in [4.69, 9.17) is 4.74 Å². The summed E-state index contributed by atoms with van der Waals surface area (Å²) in [5.41, 5.74) is 1.52. The van der Waals surface area contributed by atoms with Crippen LogP contribution in [0.5, 0.6) is 0 Å². The summed E-state index contributed by atoms with van der Waals surface area (Å²) in [5, 5.41) is 13.4. The first-order valence-electron chi connectivity index (χ1n) is 7.83. The van der Waals surface area contributed by atoms with E-state index in [1.807, 2.05) is 18.2 Å². The van der Waals surface area contributed by atoms with Crippen LogP contribution in [0, 0.1) is 5.41 Å². The van der Waals surface area contributed by atoms with Crippen molar-refractivity contribution in [1.82, 2.24) is 5.32 Å². The third kappa shape index (κ3) is 2.28. The molecular weight excluding hydrogens is 250 g/mol. The van der Waals surface area contributed by atoms with Gasteiger partial charge in [-0.2, -0.15) is 0 Å². The van der Waals surface area contributed by atoms with Crippen molar-refractivity contribution in [3.05, 3.63) is 35.9 Å². The minimum Gasteiger partial charge on any atom is -0.394 e. The van der Waals surface area contributed by atoms with E-state index in [1.54, 1.807) is 0 Å². The number of rotatable bonds is 6. The number of benzene rings is 1. The highest BCUT2D eigenvalue weighted by molar-refractivity contribution is 5.21. The smallest absolute Gasteiger partial charge is 0.0661 e. The van der Waals surface area contributed by atoms with Gasteiger partial charge in [-0.1, -0.05) is 36.8 Å². The van der Waals surface area contributed by atoms with Crippen molar-refractivity contribution in [2.24, 2.45) is 5.41 Å². The van der Waals surface area contributed by atoms with E-state index in [9.17, 15) is 5.11 Å². The van der Waals surface area contributed by atoms with Crippen molar-refractivity contribution in [2.75, 3.05) is 13.2 Å². The molecule has 2 unspecified atom stereocenters. The van der Waals surface area contributed by atoms with Gasteiger partial charge in [-0.25, -0.2) is 0 Å². The van der Waals surface area contributed by atoms with E-state index in [-0.39, 0.29) is 12.6 Å². The average molecular weight is 275 g/mol. The molecule has 0 aromatic heterocycles. The molecule has 2 aliphatic carbocycles. The highest BCUT2D eigenvalue weighted by atomic mass is 16.5. The van der Waals surface area contributed by atoms with Gasteiger partial charge in [-0.15, -0.1) is 0 Å². The number of hydrogen-bond donors (Lipinski definition) is 2. The molecule has 2 saturated carbocycles. The molecule has 0 heterocycles. The molecule has 1 aromatic carbocycles. The zero-order valence-electron chi connectivity index (χ0n) is 12.2. The highest BCUT2D eigenvalue weighted by Crippen LogP contribution is 2.57. The zero-order chi connectivity index (χ0) is 14.0. The van der Waals surface area contributed by atoms with Gasteiger partial charge in [0.15, 0.2) is 0 Å². The molecule has 0 amide bonds. The Hall–Kier alpha value is -0.900. The van der Waals surface area contributed by atoms with Crippen molar-refractivity contribution in [3.63, 3.8) is 0 Å². The van der Waals surface area contributed by atoms with Gasteiger partial charge in [0.2, 0.25) is 0 Å². The van der Waals surface area contributed by atoms with E-state index in [1.165, 1.54) is 24.8 Å². The molecule has 2 fully saturated rings. The lowest BCUT2D eigenvalue weighted by atomic mass is 9.51. The van der Waals surface area contributed by atoms with Crippen LogP contribution in [0.2, 0.25) is 0 Å². The van der Waals surface area contributed by atoms with Crippen molar-refractivity contribution in [3.8, 4) is 0 Å². The van der Waals surface area contributed by atoms with Crippen LogP contribution in [-0.2, 0) is 4.74 Å². The normalized spacial score (nSPS) is 28.7. The van der Waals surface area contributed by atoms with Crippen LogP contribution in [-0.4, -0.2) is 30.5 Å². The summed E-state index contributed by atoms with van der Waals surface area (Å²) in [7, 11) is 0. The van der Waals surface area contributed by atoms with Crippen molar-refractivity contribution in [2.45, 2.75) is 50.8 Å². The third-order valence-electron chi connectivity index (χ3n) is 5.22. The SMILES string of the molecule is CCOC1CC(N[C@@H](CO)c2ccccc2)C12CCC2. The van der Waals surface area contributed by atoms with Gasteiger partial charge in [0, 0.05) is 18.1 Å². The monoisotopic (exact) mass is 275 g/mol. The Bertz CT molecular complexity index is 430. The van der Waals surface area contributed by atoms with Gasteiger partial charge >= 0.3 is 0 Å². The lowest BCUT2D eigenvalue weighted by Crippen LogP contribution is -2.67. The summed E-state index contributed by atoms with van der Waals surface area (Å²) in [6.45, 7) is 3.03. The molecule has 3 rings (SSSR count). The number of ether oxygens (including phenoxy) is 1. The lowest BCUT2D eigenvalue weighted by molar-refractivity contribution is -0.175. The maximum atomic E-state index is 9.68. The second kappa shape index (κ2) is 5.84. The molecule has 1 aromatic rings. The second-order valence-electron chi connectivity index (χ2n) is 6.13. The van der Waals surface area contributed by atoms with E-state index in [0.29, 0.717) is 17.6 Å². The molecule has 110 valence electrons. The molecule has 0 radical (unpaired) electrons. The maximum absolute atomic E-state index is 9.68. The minimum atomic E-state index is 0.0428. The Balaban J connectivity index is 1.66. The first kappa shape index (κ1) is 14.1. The van der Waals surface area contributed by atoms with Crippen LogP contribution < -0.4 is 5.32 Å². The zero-order valence-corrected chi connectivity index (χ0v) is 12.2. The van der Waals surface area contributed by atoms with Crippen LogP contribution in [0.4, 0.5) is 0 Å². The fourth-order valence-corrected chi connectivity index (χ4v) is 3.85. The number of aliphatic hydroxyl groups excluding tert-OH is 1. The summed E-state index contributed by atoms with van der Waals surface area (Å²) in [4.78, 5) is 0. The molecule has 2 aliphatic rings. The van der Waals surface area contributed by atoms with Gasteiger partial charge < -0.3 is 15.2 Å². The Morgan fingerprint density at radius 1 is 1.35 bits per heavy atom. The van der Waals surface area contributed by atoms with Gasteiger partial charge in [0.25, 0.3) is 0 Å². The fraction of sp³-hybridized carbons (Fsp3) is 0.647. The molecule has 3 atom stereocenters. The van der Waals surface area contributed by atoms with E-state index < -0.39 is 0 Å². The van der Waals surface area contributed by atoms with Crippen LogP contribution >= 0.6 is 0 Å². The van der Waals surface area contributed by atoms with Gasteiger partial charge in [0.05, 0.1) is 18.8 Å². The molecule has 0 saturated heterocycles. The molecule has 2 N–H and O–H groups in total. The molecule has 1 spiro atoms. The van der Waals surface area contributed by atoms with E-state index in [0.717, 1.165) is 13.0 Å². The Labute approximate surface area is 121 Å². The standard InChI is InChI=1S/C17H25NO2/c1-2-20-16-11-15(17(16)9-6-10-17)18-14(12-19)13-7-4-3-5-8-13/h3-5,7-8,14-16,18-19H,2,6,9-12H2,1H3/t14-,15?,16?/m0/s1. The average Bonchev–Trinajstić information content (AvgIpc) is 2.41. The molecule has 3 heteroatoms. The van der Waals surface area contributed by atoms with E-state index in [2.05, 4.69) is 24.4 Å². The predicted molar refractivity (Wildman–Crippen MR) is 79.5 cm³/mol. The quantitative estimate of drug-likeness (QED) is 0.838.